The minimum atomic E-state index is -1.45. The number of aryl methyl sites for hydroxylation is 1. The molecule has 0 amide bonds. The number of rotatable bonds is 6. The van der Waals surface area contributed by atoms with Crippen LogP contribution in [0.15, 0.2) is 48.8 Å². The molecule has 1 N–H and O–H groups in total. The molecule has 36 heavy (non-hydrogen) atoms. The predicted molar refractivity (Wildman–Crippen MR) is 136 cm³/mol. The molecule has 1 fully saturated rings. The third kappa shape index (κ3) is 4.58. The molecule has 0 radical (unpaired) electrons. The van der Waals surface area contributed by atoms with Crippen molar-refractivity contribution < 1.29 is 14.6 Å². The van der Waals surface area contributed by atoms with Gasteiger partial charge in [0.15, 0.2) is 17.6 Å². The summed E-state index contributed by atoms with van der Waals surface area (Å²) in [6.45, 7) is 7.89. The highest BCUT2D eigenvalue weighted by Gasteiger charge is 2.33. The van der Waals surface area contributed by atoms with E-state index in [-0.39, 0.29) is 5.41 Å². The van der Waals surface area contributed by atoms with Crippen LogP contribution in [0.4, 0.5) is 5.82 Å². The van der Waals surface area contributed by atoms with Crippen molar-refractivity contribution in [2.45, 2.75) is 46.1 Å². The molecule has 0 bridgehead atoms. The van der Waals surface area contributed by atoms with Crippen LogP contribution in [0.5, 0.6) is 0 Å². The van der Waals surface area contributed by atoms with Crippen molar-refractivity contribution in [1.29, 1.82) is 0 Å². The number of aliphatic hydroxyl groups excluding tert-OH is 1. The lowest BCUT2D eigenvalue weighted by Crippen LogP contribution is -2.39. The van der Waals surface area contributed by atoms with Gasteiger partial charge in [0, 0.05) is 37.5 Å². The van der Waals surface area contributed by atoms with Gasteiger partial charge in [-0.05, 0) is 36.3 Å². The maximum Gasteiger partial charge on any atom is 0.339 e. The van der Waals surface area contributed by atoms with Gasteiger partial charge in [0.05, 0.1) is 18.9 Å². The van der Waals surface area contributed by atoms with Crippen LogP contribution in [0.25, 0.3) is 11.5 Å². The number of ether oxygens (including phenoxy) is 1. The van der Waals surface area contributed by atoms with E-state index in [1.165, 1.54) is 12.7 Å². The van der Waals surface area contributed by atoms with Crippen molar-refractivity contribution in [3.05, 3.63) is 71.2 Å². The fraction of sp³-hybridized carbons (Fsp3) is 0.407. The zero-order valence-electron chi connectivity index (χ0n) is 21.2. The van der Waals surface area contributed by atoms with Crippen LogP contribution < -0.4 is 4.90 Å². The summed E-state index contributed by atoms with van der Waals surface area (Å²) >= 11 is 0. The molecule has 1 aromatic carbocycles. The van der Waals surface area contributed by atoms with Crippen molar-refractivity contribution in [3.8, 4) is 5.82 Å². The summed E-state index contributed by atoms with van der Waals surface area (Å²) in [5, 5.41) is 20.3. The Balaban J connectivity index is 1.57. The molecule has 0 unspecified atom stereocenters. The van der Waals surface area contributed by atoms with Crippen molar-refractivity contribution in [3.63, 3.8) is 0 Å². The number of esters is 1. The Morgan fingerprint density at radius 1 is 1.17 bits per heavy atom. The molecule has 5 rings (SSSR count). The monoisotopic (exact) mass is 488 g/mol. The van der Waals surface area contributed by atoms with Gasteiger partial charge in [0.25, 0.3) is 0 Å². The number of carbonyl (C=O) groups is 1. The number of piperidine rings is 1. The van der Waals surface area contributed by atoms with E-state index in [1.807, 2.05) is 36.7 Å². The average molecular weight is 489 g/mol. The van der Waals surface area contributed by atoms with Crippen molar-refractivity contribution >= 4 is 17.4 Å². The maximum atomic E-state index is 12.4. The number of hydrogen-bond donors (Lipinski definition) is 1. The average Bonchev–Trinajstić information content (AvgIpc) is 3.50. The minimum absolute atomic E-state index is 0.234. The Labute approximate surface area is 210 Å². The van der Waals surface area contributed by atoms with Gasteiger partial charge in [-0.2, -0.15) is 9.61 Å². The first kappa shape index (κ1) is 24.0. The number of benzene rings is 1. The lowest BCUT2D eigenvalue weighted by Gasteiger charge is -2.39. The topological polar surface area (TPSA) is 97.8 Å². The van der Waals surface area contributed by atoms with E-state index in [0.717, 1.165) is 37.9 Å². The first-order chi connectivity index (χ1) is 17.3. The van der Waals surface area contributed by atoms with Crippen LogP contribution in [0.3, 0.4) is 0 Å². The van der Waals surface area contributed by atoms with Crippen molar-refractivity contribution in [1.82, 2.24) is 24.4 Å². The summed E-state index contributed by atoms with van der Waals surface area (Å²) in [7, 11) is 1.27. The first-order valence-electron chi connectivity index (χ1n) is 12.2. The van der Waals surface area contributed by atoms with E-state index in [2.05, 4.69) is 41.0 Å². The Morgan fingerprint density at radius 3 is 2.58 bits per heavy atom. The fourth-order valence-corrected chi connectivity index (χ4v) is 4.80. The normalized spacial score (nSPS) is 16.3. The van der Waals surface area contributed by atoms with Gasteiger partial charge in [-0.25, -0.2) is 14.5 Å². The number of aromatic nitrogens is 5. The summed E-state index contributed by atoms with van der Waals surface area (Å²) in [5.41, 5.74) is 4.14. The summed E-state index contributed by atoms with van der Waals surface area (Å²) < 4.78 is 8.32. The van der Waals surface area contributed by atoms with E-state index in [9.17, 15) is 9.90 Å². The molecule has 1 saturated heterocycles. The van der Waals surface area contributed by atoms with Gasteiger partial charge in [-0.1, -0.05) is 44.2 Å². The molecule has 0 aliphatic carbocycles. The third-order valence-corrected chi connectivity index (χ3v) is 7.03. The zero-order chi connectivity index (χ0) is 25.4. The lowest BCUT2D eigenvalue weighted by atomic mass is 9.82. The van der Waals surface area contributed by atoms with Crippen LogP contribution >= 0.6 is 0 Å². The molecule has 1 aliphatic heterocycles. The molecular formula is C27H32N6O3. The molecule has 188 valence electrons. The van der Waals surface area contributed by atoms with Crippen LogP contribution in [-0.4, -0.2) is 55.7 Å². The number of hydrogen-bond acceptors (Lipinski definition) is 7. The number of aliphatic hydroxyl groups is 1. The third-order valence-electron chi connectivity index (χ3n) is 7.03. The van der Waals surface area contributed by atoms with Crippen LogP contribution in [0.2, 0.25) is 0 Å². The quantitative estimate of drug-likeness (QED) is 0.414. The van der Waals surface area contributed by atoms with Gasteiger partial charge in [-0.15, -0.1) is 5.10 Å². The maximum absolute atomic E-state index is 12.4. The Hall–Kier alpha value is -3.72. The highest BCUT2D eigenvalue weighted by molar-refractivity contribution is 5.79. The van der Waals surface area contributed by atoms with Gasteiger partial charge in [-0.3, -0.25) is 0 Å². The number of fused-ring (bicyclic) bond motifs is 1. The smallest absolute Gasteiger partial charge is 0.339 e. The summed E-state index contributed by atoms with van der Waals surface area (Å²) in [4.78, 5) is 19.2. The van der Waals surface area contributed by atoms with E-state index in [0.29, 0.717) is 28.5 Å². The summed E-state index contributed by atoms with van der Waals surface area (Å²) in [6, 6.07) is 12.1. The zero-order valence-corrected chi connectivity index (χ0v) is 21.2. The Morgan fingerprint density at radius 2 is 1.89 bits per heavy atom. The van der Waals surface area contributed by atoms with Crippen LogP contribution in [0, 0.1) is 12.3 Å². The molecule has 1 atom stereocenters. The van der Waals surface area contributed by atoms with Crippen molar-refractivity contribution in [2.24, 2.45) is 5.41 Å². The SMILES string of the molecule is COC(=O)[C@@H](O)c1c(C)nc2cc(-n3cc(Cc4ccccc4)cn3)nn2c1N1CCC(C)(C)CC1. The highest BCUT2D eigenvalue weighted by atomic mass is 16.5. The molecule has 3 aromatic heterocycles. The summed E-state index contributed by atoms with van der Waals surface area (Å²) in [5.74, 6) is 0.571. The molecule has 4 aromatic rings. The largest absolute Gasteiger partial charge is 0.467 e. The highest BCUT2D eigenvalue weighted by Crippen LogP contribution is 2.36. The van der Waals surface area contributed by atoms with Crippen LogP contribution in [0.1, 0.15) is 55.2 Å². The second-order valence-electron chi connectivity index (χ2n) is 10.2. The lowest BCUT2D eigenvalue weighted by molar-refractivity contribution is -0.150. The molecule has 9 nitrogen and oxygen atoms in total. The number of carbonyl (C=O) groups excluding carboxylic acids is 1. The van der Waals surface area contributed by atoms with Gasteiger partial charge in [0.1, 0.15) is 5.82 Å². The first-order valence-corrected chi connectivity index (χ1v) is 12.2. The van der Waals surface area contributed by atoms with Gasteiger partial charge < -0.3 is 14.7 Å². The number of methoxy groups -OCH3 is 1. The van der Waals surface area contributed by atoms with E-state index >= 15 is 0 Å². The van der Waals surface area contributed by atoms with E-state index in [1.54, 1.807) is 16.1 Å². The molecular weight excluding hydrogens is 456 g/mol. The predicted octanol–water partition coefficient (Wildman–Crippen LogP) is 3.65. The molecule has 9 heteroatoms. The minimum Gasteiger partial charge on any atom is -0.467 e. The Bertz CT molecular complexity index is 1380. The van der Waals surface area contributed by atoms with Crippen molar-refractivity contribution in [2.75, 3.05) is 25.1 Å². The van der Waals surface area contributed by atoms with E-state index < -0.39 is 12.1 Å². The van der Waals surface area contributed by atoms with Gasteiger partial charge in [0.2, 0.25) is 0 Å². The number of nitrogens with zero attached hydrogens (tertiary/aromatic N) is 6. The molecule has 1 aliphatic rings. The number of anilines is 1. The second-order valence-corrected chi connectivity index (χ2v) is 10.2. The van der Waals surface area contributed by atoms with E-state index in [4.69, 9.17) is 9.84 Å². The molecule has 0 spiro atoms. The summed E-state index contributed by atoms with van der Waals surface area (Å²) in [6.07, 6.45) is 5.10. The van der Waals surface area contributed by atoms with Gasteiger partial charge >= 0.3 is 5.97 Å². The Kier molecular flexibility index (Phi) is 6.26. The molecule has 4 heterocycles. The fourth-order valence-electron chi connectivity index (χ4n) is 4.80. The molecule has 0 saturated carbocycles. The van der Waals surface area contributed by atoms with Crippen LogP contribution in [-0.2, 0) is 16.0 Å². The standard InChI is InChI=1S/C27H32N6O3/c1-18-23(24(34)26(35)36-4)25(31-12-10-27(2,3)11-13-31)33-21(29-18)15-22(30-33)32-17-20(16-28-32)14-19-8-6-5-7-9-19/h5-9,15-17,24,34H,10-14H2,1-4H3/t24-/m0/s1. The second kappa shape index (κ2) is 9.39.